The third-order valence-corrected chi connectivity index (χ3v) is 4.04. The van der Waals surface area contributed by atoms with E-state index in [1.54, 1.807) is 11.3 Å². The number of anilines is 1. The molecule has 0 saturated heterocycles. The number of likely N-dealkylation sites (N-methyl/N-ethyl adjacent to an activating group) is 1. The zero-order valence-corrected chi connectivity index (χ0v) is 11.7. The highest BCUT2D eigenvalue weighted by Gasteiger charge is 2.23. The Hall–Kier alpha value is -1.59. The molecule has 0 aliphatic carbocycles. The summed E-state index contributed by atoms with van der Waals surface area (Å²) in [5.41, 5.74) is 6.95. The molecule has 0 amide bonds. The highest BCUT2D eigenvalue weighted by molar-refractivity contribution is 7.15. The Labute approximate surface area is 116 Å². The topological polar surface area (TPSA) is 51.4 Å². The number of thiazole rings is 1. The number of benzene rings is 1. The Bertz CT molecular complexity index is 544. The Kier molecular flexibility index (Phi) is 3.40. The molecule has 4 nitrogen and oxygen atoms in total. The van der Waals surface area contributed by atoms with Crippen LogP contribution < -0.4 is 10.5 Å². The van der Waals surface area contributed by atoms with Gasteiger partial charge in [-0.2, -0.15) is 0 Å². The highest BCUT2D eigenvalue weighted by Crippen LogP contribution is 2.28. The SMILES string of the molecule is CN(Cc1cnc(N)s1)CC1Cc2ccccc2O1. The van der Waals surface area contributed by atoms with E-state index in [0.29, 0.717) is 5.13 Å². The fraction of sp³-hybridized carbons (Fsp3) is 0.357. The van der Waals surface area contributed by atoms with Gasteiger partial charge < -0.3 is 10.5 Å². The number of ether oxygens (including phenoxy) is 1. The van der Waals surface area contributed by atoms with Crippen LogP contribution in [0, 0.1) is 0 Å². The lowest BCUT2D eigenvalue weighted by atomic mass is 10.1. The second kappa shape index (κ2) is 5.19. The molecular formula is C14H17N3OS. The van der Waals surface area contributed by atoms with Crippen LogP contribution in [-0.4, -0.2) is 29.6 Å². The van der Waals surface area contributed by atoms with Crippen molar-refractivity contribution in [2.45, 2.75) is 19.1 Å². The van der Waals surface area contributed by atoms with Gasteiger partial charge in [-0.3, -0.25) is 4.90 Å². The molecule has 0 radical (unpaired) electrons. The molecule has 1 unspecified atom stereocenters. The van der Waals surface area contributed by atoms with Crippen molar-refractivity contribution in [2.75, 3.05) is 19.3 Å². The lowest BCUT2D eigenvalue weighted by Crippen LogP contribution is -2.31. The number of nitrogens with two attached hydrogens (primary N) is 1. The summed E-state index contributed by atoms with van der Waals surface area (Å²) >= 11 is 1.55. The maximum Gasteiger partial charge on any atom is 0.180 e. The van der Waals surface area contributed by atoms with Crippen LogP contribution in [-0.2, 0) is 13.0 Å². The summed E-state index contributed by atoms with van der Waals surface area (Å²) in [6.45, 7) is 1.78. The Morgan fingerprint density at radius 3 is 3.05 bits per heavy atom. The number of aromatic nitrogens is 1. The fourth-order valence-corrected chi connectivity index (χ4v) is 3.19. The summed E-state index contributed by atoms with van der Waals surface area (Å²) < 4.78 is 5.94. The van der Waals surface area contributed by atoms with E-state index in [9.17, 15) is 0 Å². The van der Waals surface area contributed by atoms with Gasteiger partial charge in [-0.25, -0.2) is 4.98 Å². The van der Waals surface area contributed by atoms with E-state index in [2.05, 4.69) is 29.1 Å². The minimum atomic E-state index is 0.243. The van der Waals surface area contributed by atoms with Crippen molar-refractivity contribution in [1.82, 2.24) is 9.88 Å². The van der Waals surface area contributed by atoms with Crippen LogP contribution in [0.25, 0.3) is 0 Å². The first kappa shape index (κ1) is 12.4. The monoisotopic (exact) mass is 275 g/mol. The van der Waals surface area contributed by atoms with Gasteiger partial charge in [-0.15, -0.1) is 11.3 Å². The van der Waals surface area contributed by atoms with E-state index < -0.39 is 0 Å². The lowest BCUT2D eigenvalue weighted by Gasteiger charge is -2.19. The van der Waals surface area contributed by atoms with E-state index in [0.717, 1.165) is 25.3 Å². The summed E-state index contributed by atoms with van der Waals surface area (Å²) in [5.74, 6) is 1.03. The lowest BCUT2D eigenvalue weighted by molar-refractivity contribution is 0.165. The first-order valence-electron chi connectivity index (χ1n) is 6.34. The molecule has 0 fully saturated rings. The molecule has 1 aromatic carbocycles. The molecule has 100 valence electrons. The summed E-state index contributed by atoms with van der Waals surface area (Å²) in [7, 11) is 2.10. The third-order valence-electron chi connectivity index (χ3n) is 3.23. The number of fused-ring (bicyclic) bond motifs is 1. The molecule has 3 rings (SSSR count). The summed E-state index contributed by atoms with van der Waals surface area (Å²) in [6, 6.07) is 8.26. The smallest absolute Gasteiger partial charge is 0.180 e. The molecule has 1 atom stereocenters. The standard InChI is InChI=1S/C14H17N3OS/c1-17(9-12-7-16-14(15)19-12)8-11-6-10-4-2-3-5-13(10)18-11/h2-5,7,11H,6,8-9H2,1H3,(H2,15,16). The van der Waals surface area contributed by atoms with E-state index in [1.165, 1.54) is 10.4 Å². The van der Waals surface area contributed by atoms with Crippen LogP contribution in [0.3, 0.4) is 0 Å². The molecular weight excluding hydrogens is 258 g/mol. The molecule has 2 heterocycles. The molecule has 0 bridgehead atoms. The van der Waals surface area contributed by atoms with Crippen LogP contribution in [0.4, 0.5) is 5.13 Å². The van der Waals surface area contributed by atoms with E-state index in [1.807, 2.05) is 18.3 Å². The second-order valence-corrected chi connectivity index (χ2v) is 6.06. The van der Waals surface area contributed by atoms with Gasteiger partial charge in [0, 0.05) is 30.6 Å². The van der Waals surface area contributed by atoms with Crippen molar-refractivity contribution in [1.29, 1.82) is 0 Å². The predicted molar refractivity (Wildman–Crippen MR) is 77.4 cm³/mol. The maximum absolute atomic E-state index is 5.94. The van der Waals surface area contributed by atoms with Crippen molar-refractivity contribution in [3.8, 4) is 5.75 Å². The second-order valence-electron chi connectivity index (χ2n) is 4.91. The van der Waals surface area contributed by atoms with Gasteiger partial charge in [0.2, 0.25) is 0 Å². The number of hydrogen-bond acceptors (Lipinski definition) is 5. The summed E-state index contributed by atoms with van der Waals surface area (Å²) in [4.78, 5) is 7.52. The van der Waals surface area contributed by atoms with Gasteiger partial charge in [0.05, 0.1) is 0 Å². The van der Waals surface area contributed by atoms with Crippen molar-refractivity contribution in [3.63, 3.8) is 0 Å². The van der Waals surface area contributed by atoms with E-state index in [-0.39, 0.29) is 6.10 Å². The molecule has 1 aliphatic heterocycles. The highest BCUT2D eigenvalue weighted by atomic mass is 32.1. The van der Waals surface area contributed by atoms with Crippen LogP contribution in [0.15, 0.2) is 30.5 Å². The largest absolute Gasteiger partial charge is 0.488 e. The number of nitrogen functional groups attached to an aromatic ring is 1. The zero-order valence-electron chi connectivity index (χ0n) is 10.9. The van der Waals surface area contributed by atoms with Gasteiger partial charge in [0.25, 0.3) is 0 Å². The van der Waals surface area contributed by atoms with E-state index >= 15 is 0 Å². The molecule has 2 aromatic rings. The molecule has 0 spiro atoms. The van der Waals surface area contributed by atoms with E-state index in [4.69, 9.17) is 10.5 Å². The number of hydrogen-bond donors (Lipinski definition) is 1. The Morgan fingerprint density at radius 2 is 2.32 bits per heavy atom. The normalized spacial score (nSPS) is 17.5. The minimum Gasteiger partial charge on any atom is -0.488 e. The van der Waals surface area contributed by atoms with Crippen LogP contribution in [0.1, 0.15) is 10.4 Å². The predicted octanol–water partition coefficient (Wildman–Crippen LogP) is 2.16. The maximum atomic E-state index is 5.94. The molecule has 19 heavy (non-hydrogen) atoms. The van der Waals surface area contributed by atoms with Crippen molar-refractivity contribution >= 4 is 16.5 Å². The first-order chi connectivity index (χ1) is 9.20. The quantitative estimate of drug-likeness (QED) is 0.929. The van der Waals surface area contributed by atoms with Crippen molar-refractivity contribution in [2.24, 2.45) is 0 Å². The van der Waals surface area contributed by atoms with Crippen molar-refractivity contribution < 1.29 is 4.74 Å². The van der Waals surface area contributed by atoms with Gasteiger partial charge in [0.15, 0.2) is 5.13 Å². The van der Waals surface area contributed by atoms with Gasteiger partial charge >= 0.3 is 0 Å². The minimum absolute atomic E-state index is 0.243. The van der Waals surface area contributed by atoms with Crippen LogP contribution in [0.2, 0.25) is 0 Å². The average Bonchev–Trinajstić information content (AvgIpc) is 2.94. The molecule has 1 aromatic heterocycles. The number of para-hydroxylation sites is 1. The molecule has 0 saturated carbocycles. The van der Waals surface area contributed by atoms with Crippen LogP contribution >= 0.6 is 11.3 Å². The Balaban J connectivity index is 1.55. The van der Waals surface area contributed by atoms with Crippen LogP contribution in [0.5, 0.6) is 5.75 Å². The number of rotatable bonds is 4. The molecule has 2 N–H and O–H groups in total. The van der Waals surface area contributed by atoms with Gasteiger partial charge in [0.1, 0.15) is 11.9 Å². The molecule has 1 aliphatic rings. The number of nitrogens with zero attached hydrogens (tertiary/aromatic N) is 2. The third kappa shape index (κ3) is 2.88. The summed E-state index contributed by atoms with van der Waals surface area (Å²) in [6.07, 6.45) is 3.08. The van der Waals surface area contributed by atoms with Gasteiger partial charge in [-0.1, -0.05) is 18.2 Å². The molecule has 5 heteroatoms. The Morgan fingerprint density at radius 1 is 1.47 bits per heavy atom. The zero-order chi connectivity index (χ0) is 13.2. The van der Waals surface area contributed by atoms with Gasteiger partial charge in [-0.05, 0) is 18.7 Å². The average molecular weight is 275 g/mol. The fourth-order valence-electron chi connectivity index (χ4n) is 2.43. The first-order valence-corrected chi connectivity index (χ1v) is 7.15. The summed E-state index contributed by atoms with van der Waals surface area (Å²) in [5, 5.41) is 0.632. The van der Waals surface area contributed by atoms with Crippen molar-refractivity contribution in [3.05, 3.63) is 40.9 Å².